The molecule has 2 aliphatic rings. The normalized spacial score (nSPS) is 25.8. The molecule has 0 radical (unpaired) electrons. The largest absolute Gasteiger partial charge is 0.472 e. The van der Waals surface area contributed by atoms with E-state index in [-0.39, 0.29) is 18.1 Å². The molecule has 6 nitrogen and oxygen atoms in total. The van der Waals surface area contributed by atoms with Crippen LogP contribution in [0.5, 0.6) is 0 Å². The van der Waals surface area contributed by atoms with Crippen LogP contribution in [0.2, 0.25) is 0 Å². The van der Waals surface area contributed by atoms with E-state index < -0.39 is 0 Å². The maximum atomic E-state index is 12.8. The van der Waals surface area contributed by atoms with E-state index in [0.717, 1.165) is 38.0 Å². The van der Waals surface area contributed by atoms with Gasteiger partial charge in [-0.1, -0.05) is 6.07 Å². The lowest BCUT2D eigenvalue weighted by molar-refractivity contribution is -0.153. The summed E-state index contributed by atoms with van der Waals surface area (Å²) in [6.45, 7) is 2.41. The number of nitrogens with zero attached hydrogens (tertiary/aromatic N) is 3. The van der Waals surface area contributed by atoms with Gasteiger partial charge in [0.05, 0.1) is 30.9 Å². The molecular weight excluding hydrogens is 330 g/mol. The van der Waals surface area contributed by atoms with Crippen LogP contribution in [0.15, 0.2) is 47.4 Å². The molecule has 2 fully saturated rings. The van der Waals surface area contributed by atoms with Crippen LogP contribution in [0.4, 0.5) is 0 Å². The number of hydrogen-bond acceptors (Lipinski definition) is 5. The lowest BCUT2D eigenvalue weighted by Gasteiger charge is -2.36. The Bertz CT molecular complexity index is 719. The minimum atomic E-state index is -0.334. The number of carbonyl (C=O) groups is 1. The maximum Gasteiger partial charge on any atom is 0.251 e. The molecule has 2 aliphatic heterocycles. The molecule has 2 aromatic rings. The van der Waals surface area contributed by atoms with Crippen LogP contribution in [0.1, 0.15) is 30.5 Å². The highest BCUT2D eigenvalue weighted by Gasteiger charge is 2.42. The zero-order valence-corrected chi connectivity index (χ0v) is 15.1. The first-order chi connectivity index (χ1) is 12.7. The summed E-state index contributed by atoms with van der Waals surface area (Å²) in [6, 6.07) is 8.16. The van der Waals surface area contributed by atoms with Crippen molar-refractivity contribution < 1.29 is 13.9 Å². The van der Waals surface area contributed by atoms with Crippen molar-refractivity contribution >= 4 is 5.91 Å². The summed E-state index contributed by atoms with van der Waals surface area (Å²) in [6.07, 6.45) is 7.83. The van der Waals surface area contributed by atoms with Gasteiger partial charge in [0.15, 0.2) is 0 Å². The Kier molecular flexibility index (Phi) is 5.04. The second-order valence-electron chi connectivity index (χ2n) is 7.21. The molecule has 0 aliphatic carbocycles. The molecular formula is C20H25N3O3. The molecule has 4 heterocycles. The molecule has 2 aromatic heterocycles. The number of amides is 1. The Morgan fingerprint density at radius 1 is 1.31 bits per heavy atom. The molecule has 0 aromatic carbocycles. The maximum absolute atomic E-state index is 12.8. The molecule has 4 rings (SSSR count). The van der Waals surface area contributed by atoms with E-state index in [0.29, 0.717) is 12.6 Å². The van der Waals surface area contributed by atoms with Crippen LogP contribution < -0.4 is 0 Å². The van der Waals surface area contributed by atoms with Gasteiger partial charge in [0.2, 0.25) is 0 Å². The predicted octanol–water partition coefficient (Wildman–Crippen LogP) is 2.46. The van der Waals surface area contributed by atoms with Gasteiger partial charge in [-0.3, -0.25) is 14.7 Å². The Morgan fingerprint density at radius 3 is 3.00 bits per heavy atom. The van der Waals surface area contributed by atoms with Crippen LogP contribution in [0, 0.1) is 0 Å². The van der Waals surface area contributed by atoms with Crippen LogP contribution in [-0.2, 0) is 22.6 Å². The van der Waals surface area contributed by atoms with Crippen molar-refractivity contribution in [1.82, 2.24) is 14.8 Å². The zero-order valence-electron chi connectivity index (χ0n) is 15.1. The van der Waals surface area contributed by atoms with Crippen LogP contribution >= 0.6 is 0 Å². The highest BCUT2D eigenvalue weighted by Crippen LogP contribution is 2.33. The van der Waals surface area contributed by atoms with Crippen molar-refractivity contribution in [2.75, 3.05) is 13.6 Å². The average Bonchev–Trinajstić information content (AvgIpc) is 3.32. The van der Waals surface area contributed by atoms with Gasteiger partial charge in [-0.15, -0.1) is 0 Å². The summed E-state index contributed by atoms with van der Waals surface area (Å²) < 4.78 is 11.4. The van der Waals surface area contributed by atoms with Gasteiger partial charge in [0.25, 0.3) is 5.91 Å². The predicted molar refractivity (Wildman–Crippen MR) is 96.1 cm³/mol. The molecule has 0 bridgehead atoms. The summed E-state index contributed by atoms with van der Waals surface area (Å²) in [5.74, 6) is 0.0578. The Morgan fingerprint density at radius 2 is 2.23 bits per heavy atom. The van der Waals surface area contributed by atoms with Crippen molar-refractivity contribution in [1.29, 1.82) is 0 Å². The Balaban J connectivity index is 1.33. The van der Waals surface area contributed by atoms with Crippen molar-refractivity contribution in [2.24, 2.45) is 0 Å². The highest BCUT2D eigenvalue weighted by atomic mass is 16.5. The third-order valence-electron chi connectivity index (χ3n) is 5.41. The second-order valence-corrected chi connectivity index (χ2v) is 7.21. The van der Waals surface area contributed by atoms with Gasteiger partial charge in [0, 0.05) is 37.9 Å². The monoisotopic (exact) mass is 355 g/mol. The molecule has 6 heteroatoms. The molecule has 1 amide bonds. The Labute approximate surface area is 153 Å². The Hall–Kier alpha value is -2.18. The van der Waals surface area contributed by atoms with Crippen LogP contribution in [-0.4, -0.2) is 52.5 Å². The number of furan rings is 1. The average molecular weight is 355 g/mol. The number of ether oxygens (including phenoxy) is 1. The zero-order chi connectivity index (χ0) is 17.9. The fourth-order valence-corrected chi connectivity index (χ4v) is 4.07. The molecule has 0 saturated carbocycles. The number of rotatable bonds is 5. The first kappa shape index (κ1) is 17.2. The van der Waals surface area contributed by atoms with E-state index in [1.807, 2.05) is 31.3 Å². The molecule has 138 valence electrons. The van der Waals surface area contributed by atoms with Crippen molar-refractivity contribution in [3.63, 3.8) is 0 Å². The summed E-state index contributed by atoms with van der Waals surface area (Å²) in [5, 5.41) is 0. The van der Waals surface area contributed by atoms with Gasteiger partial charge >= 0.3 is 0 Å². The van der Waals surface area contributed by atoms with E-state index in [2.05, 4.69) is 9.88 Å². The van der Waals surface area contributed by atoms with E-state index in [4.69, 9.17) is 9.15 Å². The van der Waals surface area contributed by atoms with E-state index in [1.165, 1.54) is 5.56 Å². The van der Waals surface area contributed by atoms with Gasteiger partial charge < -0.3 is 14.1 Å². The lowest BCUT2D eigenvalue weighted by atomic mass is 9.98. The molecule has 0 spiro atoms. The lowest BCUT2D eigenvalue weighted by Crippen LogP contribution is -2.47. The minimum absolute atomic E-state index is 0.0578. The molecule has 26 heavy (non-hydrogen) atoms. The van der Waals surface area contributed by atoms with Gasteiger partial charge in [0.1, 0.15) is 6.10 Å². The standard InChI is InChI=1S/C20H25N3O3/c1-22(13-16-4-2-3-9-21-16)20(24)19-6-5-17-18(26-19)7-10-23(17)12-15-8-11-25-14-15/h2-4,8-9,11,14,17-19H,5-7,10,12-13H2,1H3/t17-,18-,19+/m1/s1. The number of aromatic nitrogens is 1. The smallest absolute Gasteiger partial charge is 0.251 e. The molecule has 2 saturated heterocycles. The topological polar surface area (TPSA) is 58.8 Å². The third-order valence-corrected chi connectivity index (χ3v) is 5.41. The molecule has 0 N–H and O–H groups in total. The third kappa shape index (κ3) is 3.66. The van der Waals surface area contributed by atoms with Crippen molar-refractivity contribution in [3.05, 3.63) is 54.2 Å². The van der Waals surface area contributed by atoms with Crippen LogP contribution in [0.25, 0.3) is 0 Å². The van der Waals surface area contributed by atoms with Crippen molar-refractivity contribution in [3.8, 4) is 0 Å². The number of likely N-dealkylation sites (N-methyl/N-ethyl adjacent to an activating group) is 1. The number of likely N-dealkylation sites (tertiary alicyclic amines) is 1. The van der Waals surface area contributed by atoms with Gasteiger partial charge in [-0.2, -0.15) is 0 Å². The van der Waals surface area contributed by atoms with Crippen LogP contribution in [0.3, 0.4) is 0 Å². The number of pyridine rings is 1. The first-order valence-corrected chi connectivity index (χ1v) is 9.26. The fraction of sp³-hybridized carbons (Fsp3) is 0.500. The molecule has 0 unspecified atom stereocenters. The van der Waals surface area contributed by atoms with E-state index in [1.54, 1.807) is 23.6 Å². The fourth-order valence-electron chi connectivity index (χ4n) is 4.07. The number of carbonyl (C=O) groups excluding carboxylic acids is 1. The van der Waals surface area contributed by atoms with E-state index >= 15 is 0 Å². The number of fused-ring (bicyclic) bond motifs is 1. The summed E-state index contributed by atoms with van der Waals surface area (Å²) >= 11 is 0. The summed E-state index contributed by atoms with van der Waals surface area (Å²) in [5.41, 5.74) is 2.09. The second kappa shape index (κ2) is 7.60. The van der Waals surface area contributed by atoms with Gasteiger partial charge in [-0.05, 0) is 37.5 Å². The van der Waals surface area contributed by atoms with Gasteiger partial charge in [-0.25, -0.2) is 0 Å². The summed E-state index contributed by atoms with van der Waals surface area (Å²) in [7, 11) is 1.83. The number of hydrogen-bond donors (Lipinski definition) is 0. The molecule has 3 atom stereocenters. The highest BCUT2D eigenvalue weighted by molar-refractivity contribution is 5.80. The SMILES string of the molecule is CN(Cc1ccccn1)C(=O)[C@@H]1CC[C@@H]2[C@@H](CCN2Cc2ccoc2)O1. The first-order valence-electron chi connectivity index (χ1n) is 9.26. The summed E-state index contributed by atoms with van der Waals surface area (Å²) in [4.78, 5) is 21.3. The van der Waals surface area contributed by atoms with Crippen molar-refractivity contribution in [2.45, 2.75) is 50.6 Å². The minimum Gasteiger partial charge on any atom is -0.472 e. The quantitative estimate of drug-likeness (QED) is 0.825. The van der Waals surface area contributed by atoms with E-state index in [9.17, 15) is 4.79 Å².